The number of nitrogens with one attached hydrogen (secondary N) is 1. The number of imide groups is 1. The van der Waals surface area contributed by atoms with Crippen molar-refractivity contribution in [2.45, 2.75) is 13.0 Å². The highest BCUT2D eigenvalue weighted by atomic mass is 19.1. The predicted molar refractivity (Wildman–Crippen MR) is 61.2 cm³/mol. The van der Waals surface area contributed by atoms with Crippen LogP contribution in [0.3, 0.4) is 0 Å². The molecule has 0 radical (unpaired) electrons. The number of hydrogen-bond donors (Lipinski definition) is 3. The number of carbonyl (C=O) groups is 3. The van der Waals surface area contributed by atoms with Gasteiger partial charge in [0.2, 0.25) is 0 Å². The molecule has 0 spiro atoms. The van der Waals surface area contributed by atoms with E-state index >= 15 is 0 Å². The van der Waals surface area contributed by atoms with E-state index in [0.717, 1.165) is 18.2 Å². The van der Waals surface area contributed by atoms with Gasteiger partial charge in [-0.05, 0) is 25.1 Å². The molecule has 8 heteroatoms. The quantitative estimate of drug-likeness (QED) is 0.735. The molecule has 0 heterocycles. The molecule has 1 aromatic rings. The third-order valence-corrected chi connectivity index (χ3v) is 2.10. The third-order valence-electron chi connectivity index (χ3n) is 2.10. The van der Waals surface area contributed by atoms with Crippen LogP contribution in [-0.4, -0.2) is 29.1 Å². The highest BCUT2D eigenvalue weighted by Gasteiger charge is 2.18. The van der Waals surface area contributed by atoms with Crippen LogP contribution >= 0.6 is 0 Å². The number of aromatic carboxylic acids is 1. The Morgan fingerprint density at radius 1 is 1.42 bits per heavy atom. The molecule has 7 nitrogen and oxygen atoms in total. The average Bonchev–Trinajstić information content (AvgIpc) is 2.30. The lowest BCUT2D eigenvalue weighted by atomic mass is 10.2. The highest BCUT2D eigenvalue weighted by molar-refractivity contribution is 5.95. The third kappa shape index (κ3) is 3.95. The Morgan fingerprint density at radius 2 is 2.05 bits per heavy atom. The van der Waals surface area contributed by atoms with E-state index in [9.17, 15) is 18.8 Å². The molecule has 3 amide bonds. The van der Waals surface area contributed by atoms with E-state index in [1.54, 1.807) is 5.32 Å². The second kappa shape index (κ2) is 5.80. The van der Waals surface area contributed by atoms with Gasteiger partial charge in [0.25, 0.3) is 5.91 Å². The number of amides is 3. The fourth-order valence-corrected chi connectivity index (χ4v) is 1.20. The van der Waals surface area contributed by atoms with E-state index in [0.29, 0.717) is 0 Å². The van der Waals surface area contributed by atoms with E-state index < -0.39 is 29.8 Å². The number of carboxylic acids is 1. The van der Waals surface area contributed by atoms with Crippen molar-refractivity contribution in [1.29, 1.82) is 0 Å². The lowest BCUT2D eigenvalue weighted by molar-refractivity contribution is -0.126. The van der Waals surface area contributed by atoms with E-state index in [-0.39, 0.29) is 11.3 Å². The molecular weight excluding hydrogens is 259 g/mol. The minimum Gasteiger partial charge on any atom is -0.478 e. The summed E-state index contributed by atoms with van der Waals surface area (Å²) in [5.74, 6) is -3.37. The van der Waals surface area contributed by atoms with Crippen LogP contribution in [0.1, 0.15) is 17.3 Å². The van der Waals surface area contributed by atoms with E-state index in [4.69, 9.17) is 15.6 Å². The van der Waals surface area contributed by atoms with Crippen molar-refractivity contribution in [2.75, 3.05) is 0 Å². The van der Waals surface area contributed by atoms with Gasteiger partial charge in [-0.3, -0.25) is 10.1 Å². The maximum atomic E-state index is 13.5. The highest BCUT2D eigenvalue weighted by Crippen LogP contribution is 2.19. The summed E-state index contributed by atoms with van der Waals surface area (Å²) in [5, 5.41) is 10.4. The Labute approximate surface area is 107 Å². The zero-order valence-corrected chi connectivity index (χ0v) is 9.84. The second-order valence-corrected chi connectivity index (χ2v) is 3.56. The molecule has 1 rings (SSSR count). The molecule has 0 aromatic heterocycles. The van der Waals surface area contributed by atoms with Crippen LogP contribution in [0, 0.1) is 5.82 Å². The molecule has 0 saturated heterocycles. The van der Waals surface area contributed by atoms with Crippen molar-refractivity contribution in [2.24, 2.45) is 5.73 Å². The first kappa shape index (κ1) is 14.4. The monoisotopic (exact) mass is 270 g/mol. The van der Waals surface area contributed by atoms with Gasteiger partial charge in [0.15, 0.2) is 17.7 Å². The van der Waals surface area contributed by atoms with Gasteiger partial charge in [-0.2, -0.15) is 0 Å². The number of nitrogens with two attached hydrogens (primary N) is 1. The number of urea groups is 1. The number of carbonyl (C=O) groups excluding carboxylic acids is 2. The van der Waals surface area contributed by atoms with Crippen molar-refractivity contribution < 1.29 is 28.6 Å². The summed E-state index contributed by atoms with van der Waals surface area (Å²) in [6.07, 6.45) is -1.17. The second-order valence-electron chi connectivity index (χ2n) is 3.56. The Kier molecular flexibility index (Phi) is 4.41. The first-order valence-electron chi connectivity index (χ1n) is 5.11. The minimum absolute atomic E-state index is 0.251. The van der Waals surface area contributed by atoms with Crippen molar-refractivity contribution in [3.8, 4) is 5.75 Å². The van der Waals surface area contributed by atoms with Crippen molar-refractivity contribution in [3.63, 3.8) is 0 Å². The lowest BCUT2D eigenvalue weighted by Gasteiger charge is -2.14. The number of carboxylic acid groups (broad SMARTS) is 1. The maximum Gasteiger partial charge on any atom is 0.335 e. The average molecular weight is 270 g/mol. The van der Waals surface area contributed by atoms with Gasteiger partial charge in [0.05, 0.1) is 5.56 Å². The van der Waals surface area contributed by atoms with Crippen LogP contribution in [0.25, 0.3) is 0 Å². The predicted octanol–water partition coefficient (Wildman–Crippen LogP) is 0.486. The number of rotatable bonds is 4. The minimum atomic E-state index is -1.29. The SMILES string of the molecule is CC(Oc1ccc(C(=O)O)cc1F)C(=O)NC(N)=O. The van der Waals surface area contributed by atoms with Crippen LogP contribution in [0.15, 0.2) is 18.2 Å². The molecule has 19 heavy (non-hydrogen) atoms. The Balaban J connectivity index is 2.80. The van der Waals surface area contributed by atoms with E-state index in [1.165, 1.54) is 6.92 Å². The molecule has 0 fully saturated rings. The molecule has 0 aliphatic heterocycles. The van der Waals surface area contributed by atoms with Crippen LogP contribution in [0.4, 0.5) is 9.18 Å². The molecule has 1 aromatic carbocycles. The van der Waals surface area contributed by atoms with Crippen molar-refractivity contribution in [1.82, 2.24) is 5.32 Å². The molecule has 4 N–H and O–H groups in total. The summed E-state index contributed by atoms with van der Waals surface area (Å²) in [4.78, 5) is 32.3. The molecule has 1 atom stereocenters. The fourth-order valence-electron chi connectivity index (χ4n) is 1.20. The Hall–Kier alpha value is -2.64. The van der Waals surface area contributed by atoms with Gasteiger partial charge in [0, 0.05) is 0 Å². The fraction of sp³-hybridized carbons (Fsp3) is 0.182. The molecule has 102 valence electrons. The molecular formula is C11H11FN2O5. The van der Waals surface area contributed by atoms with Crippen LogP contribution < -0.4 is 15.8 Å². The normalized spacial score (nSPS) is 11.5. The summed E-state index contributed by atoms with van der Waals surface area (Å²) in [7, 11) is 0. The van der Waals surface area contributed by atoms with Gasteiger partial charge in [-0.15, -0.1) is 0 Å². The van der Waals surface area contributed by atoms with Crippen LogP contribution in [-0.2, 0) is 4.79 Å². The van der Waals surface area contributed by atoms with Crippen molar-refractivity contribution >= 4 is 17.9 Å². The van der Waals surface area contributed by atoms with Gasteiger partial charge in [-0.25, -0.2) is 14.0 Å². The Morgan fingerprint density at radius 3 is 2.53 bits per heavy atom. The summed E-state index contributed by atoms with van der Waals surface area (Å²) >= 11 is 0. The molecule has 0 aliphatic rings. The largest absolute Gasteiger partial charge is 0.478 e. The molecule has 0 bridgehead atoms. The lowest BCUT2D eigenvalue weighted by Crippen LogP contribution is -2.42. The number of benzene rings is 1. The van der Waals surface area contributed by atoms with Crippen LogP contribution in [0.2, 0.25) is 0 Å². The van der Waals surface area contributed by atoms with Gasteiger partial charge >= 0.3 is 12.0 Å². The summed E-state index contributed by atoms with van der Waals surface area (Å²) in [6, 6.07) is 1.91. The summed E-state index contributed by atoms with van der Waals surface area (Å²) < 4.78 is 18.4. The first-order valence-corrected chi connectivity index (χ1v) is 5.11. The number of primary amides is 1. The first-order chi connectivity index (χ1) is 8.81. The van der Waals surface area contributed by atoms with Gasteiger partial charge in [0.1, 0.15) is 0 Å². The topological polar surface area (TPSA) is 119 Å². The standard InChI is InChI=1S/C11H11FN2O5/c1-5(9(15)14-11(13)18)19-8-3-2-6(10(16)17)4-7(8)12/h2-5H,1H3,(H,16,17)(H3,13,14,15,18). The summed E-state index contributed by atoms with van der Waals surface area (Å²) in [6.45, 7) is 1.28. The molecule has 1 unspecified atom stereocenters. The van der Waals surface area contributed by atoms with E-state index in [2.05, 4.69) is 0 Å². The van der Waals surface area contributed by atoms with Gasteiger partial charge in [-0.1, -0.05) is 0 Å². The Bertz CT molecular complexity index is 532. The zero-order valence-electron chi connectivity index (χ0n) is 9.84. The number of ether oxygens (including phenoxy) is 1. The zero-order chi connectivity index (χ0) is 14.6. The van der Waals surface area contributed by atoms with Crippen molar-refractivity contribution in [3.05, 3.63) is 29.6 Å². The number of halogens is 1. The van der Waals surface area contributed by atoms with Gasteiger partial charge < -0.3 is 15.6 Å². The molecule has 0 aliphatic carbocycles. The smallest absolute Gasteiger partial charge is 0.335 e. The molecule has 0 saturated carbocycles. The van der Waals surface area contributed by atoms with E-state index in [1.807, 2.05) is 0 Å². The van der Waals surface area contributed by atoms with Crippen LogP contribution in [0.5, 0.6) is 5.75 Å². The summed E-state index contributed by atoms with van der Waals surface area (Å²) in [5.41, 5.74) is 4.49. The maximum absolute atomic E-state index is 13.5. The number of hydrogen-bond acceptors (Lipinski definition) is 4.